The molecule has 1 fully saturated rings. The molecule has 0 spiro atoms. The topological polar surface area (TPSA) is 0 Å². The average Bonchev–Trinajstić information content (AvgIpc) is 2.31. The van der Waals surface area contributed by atoms with Crippen LogP contribution in [0.25, 0.3) is 0 Å². The predicted molar refractivity (Wildman–Crippen MR) is 66.9 cm³/mol. The van der Waals surface area contributed by atoms with Gasteiger partial charge < -0.3 is 0 Å². The van der Waals surface area contributed by atoms with Gasteiger partial charge in [-0.05, 0) is 37.5 Å². The highest BCUT2D eigenvalue weighted by molar-refractivity contribution is 4.84. The Morgan fingerprint density at radius 3 is 2.00 bits per heavy atom. The molecule has 0 saturated heterocycles. The lowest BCUT2D eigenvalue weighted by Crippen LogP contribution is -2.14. The molecule has 1 saturated carbocycles. The van der Waals surface area contributed by atoms with Crippen molar-refractivity contribution in [3.63, 3.8) is 0 Å². The standard InChI is InChI=1S/C15H26/c1-2-4-6-8-14-10-12-15(13-11-14)9-7-5-3-1/h2,4,14-15H,1,3,5-13H2. The molecule has 15 heavy (non-hydrogen) atoms. The van der Waals surface area contributed by atoms with Crippen molar-refractivity contribution in [1.29, 1.82) is 0 Å². The number of hydrogen-bond acceptors (Lipinski definition) is 0. The van der Waals surface area contributed by atoms with E-state index in [1.54, 1.807) is 0 Å². The second kappa shape index (κ2) is 6.35. The van der Waals surface area contributed by atoms with Crippen LogP contribution in [0.4, 0.5) is 0 Å². The highest BCUT2D eigenvalue weighted by Gasteiger charge is 2.20. The first kappa shape index (κ1) is 11.2. The largest absolute Gasteiger partial charge is 0.0885 e. The van der Waals surface area contributed by atoms with Crippen LogP contribution in [0.15, 0.2) is 12.2 Å². The van der Waals surface area contributed by atoms with Crippen molar-refractivity contribution in [2.24, 2.45) is 11.8 Å². The van der Waals surface area contributed by atoms with E-state index >= 15 is 0 Å². The van der Waals surface area contributed by atoms with Crippen LogP contribution in [-0.4, -0.2) is 0 Å². The molecular formula is C15H26. The summed E-state index contributed by atoms with van der Waals surface area (Å²) < 4.78 is 0. The normalized spacial score (nSPS) is 34.1. The van der Waals surface area contributed by atoms with Gasteiger partial charge in [-0.15, -0.1) is 0 Å². The average molecular weight is 206 g/mol. The maximum atomic E-state index is 2.43. The molecule has 0 radical (unpaired) electrons. The second-order valence-electron chi connectivity index (χ2n) is 5.57. The van der Waals surface area contributed by atoms with E-state index in [0.717, 1.165) is 11.8 Å². The van der Waals surface area contributed by atoms with E-state index in [4.69, 9.17) is 0 Å². The summed E-state index contributed by atoms with van der Waals surface area (Å²) in [5.74, 6) is 2.15. The van der Waals surface area contributed by atoms with Gasteiger partial charge in [-0.2, -0.15) is 0 Å². The Balaban J connectivity index is 1.82. The summed E-state index contributed by atoms with van der Waals surface area (Å²) in [6, 6.07) is 0. The quantitative estimate of drug-likeness (QED) is 0.484. The number of rotatable bonds is 0. The van der Waals surface area contributed by atoms with Crippen LogP contribution in [0.2, 0.25) is 0 Å². The zero-order chi connectivity index (χ0) is 10.3. The van der Waals surface area contributed by atoms with E-state index in [-0.39, 0.29) is 0 Å². The molecule has 0 aliphatic heterocycles. The fraction of sp³-hybridized carbons (Fsp3) is 0.867. The summed E-state index contributed by atoms with van der Waals surface area (Å²) in [7, 11) is 0. The van der Waals surface area contributed by atoms with Crippen molar-refractivity contribution < 1.29 is 0 Å². The molecule has 0 aromatic carbocycles. The van der Waals surface area contributed by atoms with Crippen molar-refractivity contribution in [2.75, 3.05) is 0 Å². The Morgan fingerprint density at radius 2 is 1.20 bits per heavy atom. The Kier molecular flexibility index (Phi) is 4.76. The van der Waals surface area contributed by atoms with Gasteiger partial charge in [0.25, 0.3) is 0 Å². The summed E-state index contributed by atoms with van der Waals surface area (Å²) in [4.78, 5) is 0. The van der Waals surface area contributed by atoms with Crippen LogP contribution >= 0.6 is 0 Å². The van der Waals surface area contributed by atoms with Gasteiger partial charge in [0.1, 0.15) is 0 Å². The lowest BCUT2D eigenvalue weighted by Gasteiger charge is -2.28. The molecule has 0 amide bonds. The van der Waals surface area contributed by atoms with E-state index < -0.39 is 0 Å². The third-order valence-electron chi connectivity index (χ3n) is 4.36. The Hall–Kier alpha value is -0.260. The number of hydrogen-bond donors (Lipinski definition) is 0. The van der Waals surface area contributed by atoms with Crippen molar-refractivity contribution in [3.05, 3.63) is 12.2 Å². The first-order valence-corrected chi connectivity index (χ1v) is 7.10. The van der Waals surface area contributed by atoms with Crippen molar-refractivity contribution in [3.8, 4) is 0 Å². The summed E-state index contributed by atoms with van der Waals surface area (Å²) in [6.45, 7) is 0. The highest BCUT2D eigenvalue weighted by atomic mass is 14.3. The first-order chi connectivity index (χ1) is 7.45. The van der Waals surface area contributed by atoms with Gasteiger partial charge >= 0.3 is 0 Å². The minimum Gasteiger partial charge on any atom is -0.0885 e. The molecule has 0 aromatic rings. The zero-order valence-electron chi connectivity index (χ0n) is 10.1. The third kappa shape index (κ3) is 4.01. The Labute approximate surface area is 95.1 Å². The molecule has 3 aliphatic rings. The van der Waals surface area contributed by atoms with Crippen molar-refractivity contribution >= 4 is 0 Å². The minimum atomic E-state index is 1.06. The monoisotopic (exact) mass is 206 g/mol. The zero-order valence-corrected chi connectivity index (χ0v) is 10.1. The maximum Gasteiger partial charge on any atom is -0.0348 e. The van der Waals surface area contributed by atoms with Gasteiger partial charge in [-0.3, -0.25) is 0 Å². The Morgan fingerprint density at radius 1 is 0.533 bits per heavy atom. The third-order valence-corrected chi connectivity index (χ3v) is 4.36. The summed E-state index contributed by atoms with van der Waals surface area (Å²) >= 11 is 0. The Bertz CT molecular complexity index is 181. The van der Waals surface area contributed by atoms with Gasteiger partial charge in [0.2, 0.25) is 0 Å². The molecule has 0 nitrogen and oxygen atoms in total. The fourth-order valence-electron chi connectivity index (χ4n) is 3.25. The first-order valence-electron chi connectivity index (χ1n) is 7.10. The highest BCUT2D eigenvalue weighted by Crippen LogP contribution is 2.34. The van der Waals surface area contributed by atoms with Crippen LogP contribution in [0.3, 0.4) is 0 Å². The van der Waals surface area contributed by atoms with Crippen LogP contribution in [0.5, 0.6) is 0 Å². The molecule has 0 heterocycles. The van der Waals surface area contributed by atoms with Gasteiger partial charge in [0, 0.05) is 0 Å². The summed E-state index contributed by atoms with van der Waals surface area (Å²) in [6.07, 6.45) is 21.0. The van der Waals surface area contributed by atoms with Gasteiger partial charge in [-0.1, -0.05) is 57.1 Å². The summed E-state index contributed by atoms with van der Waals surface area (Å²) in [5, 5.41) is 0. The van der Waals surface area contributed by atoms with E-state index in [1.165, 1.54) is 70.6 Å². The SMILES string of the molecule is C1=CCCC2CCC(CCCCC1)CC2. The molecule has 0 aromatic heterocycles. The maximum absolute atomic E-state index is 2.43. The fourth-order valence-corrected chi connectivity index (χ4v) is 3.25. The van der Waals surface area contributed by atoms with E-state index in [2.05, 4.69) is 12.2 Å². The van der Waals surface area contributed by atoms with Crippen LogP contribution in [0.1, 0.15) is 70.6 Å². The van der Waals surface area contributed by atoms with Gasteiger partial charge in [0.05, 0.1) is 0 Å². The van der Waals surface area contributed by atoms with Gasteiger partial charge in [0.15, 0.2) is 0 Å². The number of allylic oxidation sites excluding steroid dienone is 2. The van der Waals surface area contributed by atoms with E-state index in [0.29, 0.717) is 0 Å². The molecule has 0 N–H and O–H groups in total. The smallest absolute Gasteiger partial charge is 0.0348 e. The molecule has 3 aliphatic carbocycles. The summed E-state index contributed by atoms with van der Waals surface area (Å²) in [5.41, 5.74) is 0. The molecule has 3 rings (SSSR count). The van der Waals surface area contributed by atoms with Crippen LogP contribution in [0, 0.1) is 11.8 Å². The van der Waals surface area contributed by atoms with Gasteiger partial charge in [-0.25, -0.2) is 0 Å². The van der Waals surface area contributed by atoms with Crippen molar-refractivity contribution in [2.45, 2.75) is 70.6 Å². The molecule has 86 valence electrons. The van der Waals surface area contributed by atoms with Crippen LogP contribution in [-0.2, 0) is 0 Å². The second-order valence-corrected chi connectivity index (χ2v) is 5.57. The molecular weight excluding hydrogens is 180 g/mol. The lowest BCUT2D eigenvalue weighted by molar-refractivity contribution is 0.250. The molecule has 0 heteroatoms. The molecule has 0 atom stereocenters. The van der Waals surface area contributed by atoms with E-state index in [1.807, 2.05) is 0 Å². The van der Waals surface area contributed by atoms with Crippen molar-refractivity contribution in [1.82, 2.24) is 0 Å². The van der Waals surface area contributed by atoms with Crippen LogP contribution < -0.4 is 0 Å². The number of fused-ring (bicyclic) bond motifs is 9. The minimum absolute atomic E-state index is 1.06. The molecule has 2 bridgehead atoms. The predicted octanol–water partition coefficient (Wildman–Crippen LogP) is 5.09. The lowest BCUT2D eigenvalue weighted by atomic mass is 9.78. The molecule has 0 unspecified atom stereocenters. The van der Waals surface area contributed by atoms with E-state index in [9.17, 15) is 0 Å².